The van der Waals surface area contributed by atoms with Gasteiger partial charge < -0.3 is 10.3 Å². The van der Waals surface area contributed by atoms with Crippen LogP contribution in [0.1, 0.15) is 5.56 Å². The summed E-state index contributed by atoms with van der Waals surface area (Å²) in [6, 6.07) is 8.60. The average Bonchev–Trinajstić information content (AvgIpc) is 2.91. The van der Waals surface area contributed by atoms with Crippen molar-refractivity contribution in [1.82, 2.24) is 10.1 Å². The van der Waals surface area contributed by atoms with Crippen LogP contribution >= 0.6 is 0 Å². The molecule has 2 aromatic carbocycles. The first-order valence-electron chi connectivity index (χ1n) is 6.21. The number of halogens is 2. The van der Waals surface area contributed by atoms with Crippen molar-refractivity contribution in [3.63, 3.8) is 0 Å². The van der Waals surface area contributed by atoms with Gasteiger partial charge in [-0.3, -0.25) is 0 Å². The highest BCUT2D eigenvalue weighted by atomic mass is 19.1. The number of benzene rings is 2. The fourth-order valence-electron chi connectivity index (χ4n) is 2.04. The third-order valence-corrected chi connectivity index (χ3v) is 3.14. The minimum Gasteiger partial charge on any atom is -0.396 e. The van der Waals surface area contributed by atoms with Gasteiger partial charge in [0.05, 0.1) is 11.3 Å². The Morgan fingerprint density at radius 2 is 1.90 bits per heavy atom. The van der Waals surface area contributed by atoms with Gasteiger partial charge in [0, 0.05) is 5.56 Å². The largest absolute Gasteiger partial charge is 0.396 e. The quantitative estimate of drug-likeness (QED) is 0.732. The van der Waals surface area contributed by atoms with Crippen LogP contribution in [0.4, 0.5) is 14.5 Å². The van der Waals surface area contributed by atoms with Crippen molar-refractivity contribution < 1.29 is 13.3 Å². The second kappa shape index (κ2) is 4.97. The molecule has 106 valence electrons. The molecule has 0 radical (unpaired) electrons. The van der Waals surface area contributed by atoms with E-state index in [2.05, 4.69) is 10.1 Å². The molecule has 0 aliphatic carbocycles. The van der Waals surface area contributed by atoms with E-state index in [9.17, 15) is 8.78 Å². The Labute approximate surface area is 119 Å². The Bertz CT molecular complexity index is 814. The van der Waals surface area contributed by atoms with Gasteiger partial charge >= 0.3 is 0 Å². The third-order valence-electron chi connectivity index (χ3n) is 3.14. The summed E-state index contributed by atoms with van der Waals surface area (Å²) in [7, 11) is 0. The molecule has 0 amide bonds. The first kappa shape index (κ1) is 13.2. The molecule has 3 rings (SSSR count). The zero-order chi connectivity index (χ0) is 15.0. The standard InChI is InChI=1S/C15H11F2N3O/c1-8-7-9(16)5-6-10(8)14-19-15(21-20-14)11-3-2-4-12(17)13(11)18/h2-7H,18H2,1H3. The zero-order valence-corrected chi connectivity index (χ0v) is 11.1. The third kappa shape index (κ3) is 2.35. The summed E-state index contributed by atoms with van der Waals surface area (Å²) in [5.74, 6) is -0.476. The van der Waals surface area contributed by atoms with Crippen molar-refractivity contribution in [1.29, 1.82) is 0 Å². The fraction of sp³-hybridized carbons (Fsp3) is 0.0667. The minimum atomic E-state index is -0.551. The van der Waals surface area contributed by atoms with Gasteiger partial charge in [0.1, 0.15) is 11.6 Å². The van der Waals surface area contributed by atoms with Crippen LogP contribution in [-0.4, -0.2) is 10.1 Å². The molecule has 0 aliphatic rings. The Hall–Kier alpha value is -2.76. The van der Waals surface area contributed by atoms with Crippen LogP contribution in [0.5, 0.6) is 0 Å². The van der Waals surface area contributed by atoms with Crippen LogP contribution in [0, 0.1) is 18.6 Å². The van der Waals surface area contributed by atoms with Gasteiger partial charge in [-0.1, -0.05) is 11.2 Å². The molecule has 0 atom stereocenters. The van der Waals surface area contributed by atoms with E-state index < -0.39 is 5.82 Å². The van der Waals surface area contributed by atoms with Crippen molar-refractivity contribution >= 4 is 5.69 Å². The number of aryl methyl sites for hydroxylation is 1. The number of rotatable bonds is 2. The van der Waals surface area contributed by atoms with Gasteiger partial charge in [0.2, 0.25) is 5.82 Å². The lowest BCUT2D eigenvalue weighted by molar-refractivity contribution is 0.432. The molecule has 1 heterocycles. The van der Waals surface area contributed by atoms with Gasteiger partial charge in [-0.15, -0.1) is 0 Å². The molecule has 0 aliphatic heterocycles. The SMILES string of the molecule is Cc1cc(F)ccc1-c1noc(-c2cccc(F)c2N)n1. The maximum atomic E-state index is 13.4. The van der Waals surface area contributed by atoms with Gasteiger partial charge in [0.15, 0.2) is 0 Å². The van der Waals surface area contributed by atoms with Crippen molar-refractivity contribution in [3.05, 3.63) is 53.6 Å². The molecule has 6 heteroatoms. The highest BCUT2D eigenvalue weighted by Gasteiger charge is 2.16. The molecule has 3 aromatic rings. The predicted octanol–water partition coefficient (Wildman–Crippen LogP) is 3.57. The topological polar surface area (TPSA) is 64.9 Å². The van der Waals surface area contributed by atoms with Crippen LogP contribution in [-0.2, 0) is 0 Å². The van der Waals surface area contributed by atoms with E-state index in [-0.39, 0.29) is 17.4 Å². The van der Waals surface area contributed by atoms with E-state index >= 15 is 0 Å². The van der Waals surface area contributed by atoms with Crippen LogP contribution in [0.2, 0.25) is 0 Å². The van der Waals surface area contributed by atoms with Crippen molar-refractivity contribution in [2.75, 3.05) is 5.73 Å². The first-order valence-corrected chi connectivity index (χ1v) is 6.21. The van der Waals surface area contributed by atoms with E-state index in [1.807, 2.05) is 0 Å². The summed E-state index contributed by atoms with van der Waals surface area (Å²) in [6.07, 6.45) is 0. The molecular formula is C15H11F2N3O. The second-order valence-corrected chi connectivity index (χ2v) is 4.58. The second-order valence-electron chi connectivity index (χ2n) is 4.58. The highest BCUT2D eigenvalue weighted by Crippen LogP contribution is 2.29. The van der Waals surface area contributed by atoms with Gasteiger partial charge in [0.25, 0.3) is 5.89 Å². The summed E-state index contributed by atoms with van der Waals surface area (Å²) < 4.78 is 31.7. The predicted molar refractivity (Wildman–Crippen MR) is 74.2 cm³/mol. The molecule has 1 aromatic heterocycles. The van der Waals surface area contributed by atoms with E-state index in [1.54, 1.807) is 19.1 Å². The molecule has 0 spiro atoms. The monoisotopic (exact) mass is 287 g/mol. The highest BCUT2D eigenvalue weighted by molar-refractivity contribution is 5.72. The maximum Gasteiger partial charge on any atom is 0.260 e. The van der Waals surface area contributed by atoms with Crippen molar-refractivity contribution in [2.45, 2.75) is 6.92 Å². The minimum absolute atomic E-state index is 0.0523. The molecule has 4 nitrogen and oxygen atoms in total. The maximum absolute atomic E-state index is 13.4. The normalized spacial score (nSPS) is 10.8. The molecule has 0 unspecified atom stereocenters. The van der Waals surface area contributed by atoms with Gasteiger partial charge in [-0.05, 0) is 42.8 Å². The van der Waals surface area contributed by atoms with Crippen LogP contribution in [0.3, 0.4) is 0 Å². The van der Waals surface area contributed by atoms with Crippen molar-refractivity contribution in [3.8, 4) is 22.8 Å². The Morgan fingerprint density at radius 1 is 1.10 bits per heavy atom. The summed E-state index contributed by atoms with van der Waals surface area (Å²) >= 11 is 0. The summed E-state index contributed by atoms with van der Waals surface area (Å²) in [5, 5.41) is 3.84. The fourth-order valence-corrected chi connectivity index (χ4v) is 2.04. The number of hydrogen-bond donors (Lipinski definition) is 1. The van der Waals surface area contributed by atoms with E-state index in [0.717, 1.165) is 0 Å². The number of aromatic nitrogens is 2. The number of hydrogen-bond acceptors (Lipinski definition) is 4. The lowest BCUT2D eigenvalue weighted by atomic mass is 10.1. The number of anilines is 1. The van der Waals surface area contributed by atoms with E-state index in [1.165, 1.54) is 24.3 Å². The average molecular weight is 287 g/mol. The molecule has 0 fully saturated rings. The molecule has 0 bridgehead atoms. The molecule has 2 N–H and O–H groups in total. The van der Waals surface area contributed by atoms with Crippen LogP contribution in [0.25, 0.3) is 22.8 Å². The molecule has 0 saturated carbocycles. The van der Waals surface area contributed by atoms with E-state index in [0.29, 0.717) is 22.5 Å². The molecular weight excluding hydrogens is 276 g/mol. The lowest BCUT2D eigenvalue weighted by Gasteiger charge is -2.01. The van der Waals surface area contributed by atoms with E-state index in [4.69, 9.17) is 10.3 Å². The summed E-state index contributed by atoms with van der Waals surface area (Å²) in [5.41, 5.74) is 7.25. The summed E-state index contributed by atoms with van der Waals surface area (Å²) in [6.45, 7) is 1.74. The number of nitrogens with two attached hydrogens (primary N) is 1. The molecule has 21 heavy (non-hydrogen) atoms. The Morgan fingerprint density at radius 3 is 2.67 bits per heavy atom. The Balaban J connectivity index is 2.06. The lowest BCUT2D eigenvalue weighted by Crippen LogP contribution is -1.94. The van der Waals surface area contributed by atoms with Crippen molar-refractivity contribution in [2.24, 2.45) is 0 Å². The smallest absolute Gasteiger partial charge is 0.260 e. The number of nitrogen functional groups attached to an aromatic ring is 1. The van der Waals surface area contributed by atoms with Gasteiger partial charge in [-0.25, -0.2) is 8.78 Å². The van der Waals surface area contributed by atoms with Crippen LogP contribution < -0.4 is 5.73 Å². The zero-order valence-electron chi connectivity index (χ0n) is 11.1. The van der Waals surface area contributed by atoms with Crippen LogP contribution in [0.15, 0.2) is 40.9 Å². The Kier molecular flexibility index (Phi) is 3.13. The van der Waals surface area contributed by atoms with Gasteiger partial charge in [-0.2, -0.15) is 4.98 Å². The first-order chi connectivity index (χ1) is 10.1. The molecule has 0 saturated heterocycles. The summed E-state index contributed by atoms with van der Waals surface area (Å²) in [4.78, 5) is 4.20. The number of para-hydroxylation sites is 1. The number of nitrogens with zero attached hydrogens (tertiary/aromatic N) is 2.